The Labute approximate surface area is 125 Å². The zero-order valence-corrected chi connectivity index (χ0v) is 11.6. The van der Waals surface area contributed by atoms with E-state index in [-0.39, 0.29) is 5.88 Å². The van der Waals surface area contributed by atoms with Gasteiger partial charge in [0.25, 0.3) is 0 Å². The van der Waals surface area contributed by atoms with Crippen LogP contribution in [0, 0.1) is 0 Å². The first-order chi connectivity index (χ1) is 10.8. The third-order valence-electron chi connectivity index (χ3n) is 3.66. The number of benzene rings is 1. The number of aromatic hydroxyl groups is 1. The number of nitrogens with one attached hydrogen (secondary N) is 1. The van der Waals surface area contributed by atoms with Gasteiger partial charge in [0.15, 0.2) is 5.88 Å². The highest BCUT2D eigenvalue weighted by atomic mass is 16.3. The van der Waals surface area contributed by atoms with E-state index >= 15 is 0 Å². The predicted molar refractivity (Wildman–Crippen MR) is 85.1 cm³/mol. The first-order valence-electron chi connectivity index (χ1n) is 6.82. The van der Waals surface area contributed by atoms with Crippen LogP contribution in [0.2, 0.25) is 0 Å². The number of fused-ring (bicyclic) bond motifs is 2. The van der Waals surface area contributed by atoms with E-state index in [2.05, 4.69) is 26.8 Å². The minimum atomic E-state index is 0.106. The maximum Gasteiger partial charge on any atom is 0.198 e. The van der Waals surface area contributed by atoms with Crippen molar-refractivity contribution in [3.63, 3.8) is 0 Å². The van der Waals surface area contributed by atoms with Gasteiger partial charge in [-0.2, -0.15) is 0 Å². The number of rotatable bonds is 2. The second kappa shape index (κ2) is 4.66. The summed E-state index contributed by atoms with van der Waals surface area (Å²) >= 11 is 0. The molecule has 22 heavy (non-hydrogen) atoms. The van der Waals surface area contributed by atoms with Gasteiger partial charge in [0.2, 0.25) is 0 Å². The lowest BCUT2D eigenvalue weighted by molar-refractivity contribution is 0.457. The van der Waals surface area contributed by atoms with E-state index in [1.807, 2.05) is 36.4 Å². The third-order valence-corrected chi connectivity index (χ3v) is 3.66. The Morgan fingerprint density at radius 3 is 2.95 bits per heavy atom. The van der Waals surface area contributed by atoms with Crippen molar-refractivity contribution in [3.05, 3.63) is 65.2 Å². The fraction of sp³-hybridized carbons (Fsp3) is 0. The highest BCUT2D eigenvalue weighted by Crippen LogP contribution is 2.26. The first kappa shape index (κ1) is 12.5. The molecule has 5 heteroatoms. The standard InChI is InChI=1S/C17H12N4O/c1-2-14-12-6-5-10(9-15(12)21-20-14)8-13-11-4-3-7-18-16(11)19-17(13)22/h2-9,22H,1H2,(H,18,19). The molecule has 1 aromatic carbocycles. The molecule has 4 rings (SSSR count). The molecule has 2 aromatic heterocycles. The third kappa shape index (κ3) is 1.83. The van der Waals surface area contributed by atoms with Crippen molar-refractivity contribution < 1.29 is 5.11 Å². The van der Waals surface area contributed by atoms with Gasteiger partial charge in [-0.15, -0.1) is 10.2 Å². The van der Waals surface area contributed by atoms with Crippen LogP contribution in [0.25, 0.3) is 22.8 Å². The zero-order chi connectivity index (χ0) is 15.1. The highest BCUT2D eigenvalue weighted by molar-refractivity contribution is 5.89. The van der Waals surface area contributed by atoms with Gasteiger partial charge in [0.1, 0.15) is 5.65 Å². The number of H-pyrrole nitrogens is 1. The molecule has 106 valence electrons. The molecule has 5 nitrogen and oxygen atoms in total. The molecule has 0 fully saturated rings. The molecule has 0 saturated heterocycles. The molecule has 2 N–H and O–H groups in total. The topological polar surface area (TPSA) is 73.6 Å². The summed E-state index contributed by atoms with van der Waals surface area (Å²) in [5, 5.41) is 21.1. The molecule has 0 unspecified atom stereocenters. The average Bonchev–Trinajstić information content (AvgIpc) is 3.08. The quantitative estimate of drug-likeness (QED) is 0.760. The average molecular weight is 288 g/mol. The summed E-state index contributed by atoms with van der Waals surface area (Å²) in [5.74, 6) is 0.106. The minimum absolute atomic E-state index is 0.106. The van der Waals surface area contributed by atoms with Crippen molar-refractivity contribution in [2.45, 2.75) is 0 Å². The normalized spacial score (nSPS) is 13.8. The lowest BCUT2D eigenvalue weighted by Gasteiger charge is -1.94. The number of aromatic nitrogens is 2. The predicted octanol–water partition coefficient (Wildman–Crippen LogP) is 2.49. The van der Waals surface area contributed by atoms with Crippen molar-refractivity contribution in [1.82, 2.24) is 9.97 Å². The summed E-state index contributed by atoms with van der Waals surface area (Å²) < 4.78 is 0. The van der Waals surface area contributed by atoms with E-state index in [4.69, 9.17) is 0 Å². The van der Waals surface area contributed by atoms with Crippen LogP contribution < -0.4 is 10.4 Å². The molecular weight excluding hydrogens is 276 g/mol. The van der Waals surface area contributed by atoms with E-state index in [0.717, 1.165) is 27.2 Å². The number of hydrogen-bond acceptors (Lipinski definition) is 4. The van der Waals surface area contributed by atoms with Crippen LogP contribution in [-0.4, -0.2) is 15.1 Å². The van der Waals surface area contributed by atoms with Gasteiger partial charge in [-0.25, -0.2) is 4.98 Å². The van der Waals surface area contributed by atoms with Crippen molar-refractivity contribution >= 4 is 28.5 Å². The molecule has 0 aliphatic carbocycles. The van der Waals surface area contributed by atoms with Crippen molar-refractivity contribution in [1.29, 1.82) is 0 Å². The van der Waals surface area contributed by atoms with E-state index < -0.39 is 0 Å². The second-order valence-electron chi connectivity index (χ2n) is 5.00. The molecule has 3 aromatic rings. The van der Waals surface area contributed by atoms with Gasteiger partial charge in [-0.1, -0.05) is 12.6 Å². The SMILES string of the molecule is C=CC1=c2ccc(=Cc3c(O)[nH]c4ncccc34)cc2N=N1. The molecule has 0 spiro atoms. The van der Waals surface area contributed by atoms with Crippen LogP contribution in [0.1, 0.15) is 5.56 Å². The summed E-state index contributed by atoms with van der Waals surface area (Å²) in [6.07, 6.45) is 5.28. The van der Waals surface area contributed by atoms with Crippen LogP contribution in [0.3, 0.4) is 0 Å². The van der Waals surface area contributed by atoms with Gasteiger partial charge < -0.3 is 10.1 Å². The molecule has 1 aliphatic heterocycles. The van der Waals surface area contributed by atoms with Crippen LogP contribution in [0.15, 0.2) is 59.4 Å². The number of aromatic amines is 1. The molecule has 0 atom stereocenters. The van der Waals surface area contributed by atoms with Gasteiger partial charge >= 0.3 is 0 Å². The van der Waals surface area contributed by atoms with E-state index in [1.165, 1.54) is 0 Å². The Hall–Kier alpha value is -3.21. The Morgan fingerprint density at radius 2 is 2.09 bits per heavy atom. The minimum Gasteiger partial charge on any atom is -0.494 e. The molecule has 1 aliphatic rings. The lowest BCUT2D eigenvalue weighted by atomic mass is 10.1. The number of nitrogens with zero attached hydrogens (tertiary/aromatic N) is 3. The largest absolute Gasteiger partial charge is 0.494 e. The molecule has 0 amide bonds. The van der Waals surface area contributed by atoms with Crippen molar-refractivity contribution in [3.8, 4) is 5.88 Å². The summed E-state index contributed by atoms with van der Waals surface area (Å²) in [4.78, 5) is 7.07. The maximum absolute atomic E-state index is 10.1. The fourth-order valence-electron chi connectivity index (χ4n) is 2.59. The Bertz CT molecular complexity index is 1060. The molecule has 3 heterocycles. The van der Waals surface area contributed by atoms with E-state index in [0.29, 0.717) is 11.2 Å². The number of azo groups is 1. The smallest absolute Gasteiger partial charge is 0.198 e. The van der Waals surface area contributed by atoms with Crippen LogP contribution in [-0.2, 0) is 0 Å². The van der Waals surface area contributed by atoms with Gasteiger partial charge in [-0.05, 0) is 41.6 Å². The van der Waals surface area contributed by atoms with Crippen LogP contribution in [0.5, 0.6) is 5.88 Å². The summed E-state index contributed by atoms with van der Waals surface area (Å²) in [5.41, 5.74) is 2.96. The zero-order valence-electron chi connectivity index (χ0n) is 11.6. The monoisotopic (exact) mass is 288 g/mol. The van der Waals surface area contributed by atoms with Gasteiger partial charge in [-0.3, -0.25) is 0 Å². The molecular formula is C17H12N4O. The number of pyridine rings is 1. The molecule has 0 saturated carbocycles. The van der Waals surface area contributed by atoms with Crippen molar-refractivity contribution in [2.24, 2.45) is 10.2 Å². The van der Waals surface area contributed by atoms with Crippen molar-refractivity contribution in [2.75, 3.05) is 0 Å². The fourth-order valence-corrected chi connectivity index (χ4v) is 2.59. The van der Waals surface area contributed by atoms with Crippen LogP contribution >= 0.6 is 0 Å². The Morgan fingerprint density at radius 1 is 1.18 bits per heavy atom. The highest BCUT2D eigenvalue weighted by Gasteiger charge is 2.09. The van der Waals surface area contributed by atoms with Gasteiger partial charge in [0.05, 0.1) is 11.4 Å². The summed E-state index contributed by atoms with van der Waals surface area (Å²) in [6, 6.07) is 9.62. The molecule has 0 radical (unpaired) electrons. The first-order valence-corrected chi connectivity index (χ1v) is 6.82. The lowest BCUT2D eigenvalue weighted by Crippen LogP contribution is -2.08. The maximum atomic E-state index is 10.1. The summed E-state index contributed by atoms with van der Waals surface area (Å²) in [6.45, 7) is 3.73. The van der Waals surface area contributed by atoms with Gasteiger partial charge in [0, 0.05) is 22.4 Å². The van der Waals surface area contributed by atoms with Crippen LogP contribution in [0.4, 0.5) is 5.69 Å². The Kier molecular flexibility index (Phi) is 2.66. The molecule has 0 bridgehead atoms. The van der Waals surface area contributed by atoms with E-state index in [1.54, 1.807) is 12.3 Å². The summed E-state index contributed by atoms with van der Waals surface area (Å²) in [7, 11) is 0. The Balaban J connectivity index is 1.94. The van der Waals surface area contributed by atoms with E-state index in [9.17, 15) is 5.11 Å². The second-order valence-corrected chi connectivity index (χ2v) is 5.00. The number of hydrogen-bond donors (Lipinski definition) is 2.